The Morgan fingerprint density at radius 1 is 1.63 bits per heavy atom. The molecule has 0 bridgehead atoms. The normalized spacial score (nSPS) is 19.2. The van der Waals surface area contributed by atoms with Crippen LogP contribution < -0.4 is 10.6 Å². The molecule has 0 spiro atoms. The van der Waals surface area contributed by atoms with Crippen LogP contribution in [0.25, 0.3) is 0 Å². The zero-order valence-electron chi connectivity index (χ0n) is 11.2. The van der Waals surface area contributed by atoms with Gasteiger partial charge in [-0.05, 0) is 56.8 Å². The van der Waals surface area contributed by atoms with Crippen LogP contribution in [-0.4, -0.2) is 24.0 Å². The van der Waals surface area contributed by atoms with Crippen LogP contribution in [0.4, 0.5) is 5.69 Å². The summed E-state index contributed by atoms with van der Waals surface area (Å²) < 4.78 is 0. The van der Waals surface area contributed by atoms with Crippen LogP contribution in [0.15, 0.2) is 12.3 Å². The maximum atomic E-state index is 11.9. The Bertz CT molecular complexity index is 444. The highest BCUT2D eigenvalue weighted by Crippen LogP contribution is 2.18. The fourth-order valence-corrected chi connectivity index (χ4v) is 2.46. The molecule has 1 aliphatic heterocycles. The molecule has 1 aromatic heterocycles. The average Bonchev–Trinajstić information content (AvgIpc) is 2.42. The lowest BCUT2D eigenvalue weighted by Crippen LogP contribution is -2.30. The van der Waals surface area contributed by atoms with E-state index in [1.54, 1.807) is 6.20 Å². The van der Waals surface area contributed by atoms with E-state index in [9.17, 15) is 4.79 Å². The number of rotatable bonds is 4. The fourth-order valence-electron chi connectivity index (χ4n) is 2.36. The predicted molar refractivity (Wildman–Crippen MR) is 77.4 cm³/mol. The van der Waals surface area contributed by atoms with Crippen LogP contribution in [0, 0.1) is 12.8 Å². The van der Waals surface area contributed by atoms with Crippen molar-refractivity contribution >= 4 is 23.2 Å². The Balaban J connectivity index is 1.78. The summed E-state index contributed by atoms with van der Waals surface area (Å²) in [6, 6.07) is 1.84. The molecule has 2 N–H and O–H groups in total. The SMILES string of the molecule is Cc1cc(NC(=O)CCC2CCCNC2)cnc1Cl. The summed E-state index contributed by atoms with van der Waals surface area (Å²) in [7, 11) is 0. The van der Waals surface area contributed by atoms with Gasteiger partial charge in [0.2, 0.25) is 5.91 Å². The lowest BCUT2D eigenvalue weighted by molar-refractivity contribution is -0.116. The van der Waals surface area contributed by atoms with Gasteiger partial charge in [-0.25, -0.2) is 4.98 Å². The second-order valence-electron chi connectivity index (χ2n) is 5.13. The quantitative estimate of drug-likeness (QED) is 0.835. The molecule has 1 aliphatic rings. The van der Waals surface area contributed by atoms with Gasteiger partial charge in [0.15, 0.2) is 0 Å². The Hall–Kier alpha value is -1.13. The van der Waals surface area contributed by atoms with Gasteiger partial charge < -0.3 is 10.6 Å². The van der Waals surface area contributed by atoms with Crippen molar-refractivity contribution < 1.29 is 4.79 Å². The van der Waals surface area contributed by atoms with E-state index in [-0.39, 0.29) is 5.91 Å². The van der Waals surface area contributed by atoms with Gasteiger partial charge in [0, 0.05) is 6.42 Å². The van der Waals surface area contributed by atoms with Crippen LogP contribution >= 0.6 is 11.6 Å². The van der Waals surface area contributed by atoms with E-state index in [4.69, 9.17) is 11.6 Å². The zero-order chi connectivity index (χ0) is 13.7. The number of pyridine rings is 1. The number of carbonyl (C=O) groups excluding carboxylic acids is 1. The predicted octanol–water partition coefficient (Wildman–Crippen LogP) is 2.76. The first-order chi connectivity index (χ1) is 9.15. The summed E-state index contributed by atoms with van der Waals surface area (Å²) in [4.78, 5) is 15.9. The number of amides is 1. The lowest BCUT2D eigenvalue weighted by atomic mass is 9.94. The van der Waals surface area contributed by atoms with E-state index in [0.717, 1.165) is 25.1 Å². The van der Waals surface area contributed by atoms with E-state index in [2.05, 4.69) is 15.6 Å². The smallest absolute Gasteiger partial charge is 0.224 e. The van der Waals surface area contributed by atoms with E-state index in [0.29, 0.717) is 23.2 Å². The molecule has 0 aromatic carbocycles. The standard InChI is InChI=1S/C14H20ClN3O/c1-10-7-12(9-17-14(10)15)18-13(19)5-4-11-3-2-6-16-8-11/h7,9,11,16H,2-6,8H2,1H3,(H,18,19). The largest absolute Gasteiger partial charge is 0.325 e. The van der Waals surface area contributed by atoms with E-state index in [1.165, 1.54) is 12.8 Å². The monoisotopic (exact) mass is 281 g/mol. The number of halogens is 1. The highest BCUT2D eigenvalue weighted by molar-refractivity contribution is 6.30. The van der Waals surface area contributed by atoms with Crippen LogP contribution in [0.1, 0.15) is 31.2 Å². The number of nitrogens with one attached hydrogen (secondary N) is 2. The van der Waals surface area contributed by atoms with Crippen molar-refractivity contribution in [3.63, 3.8) is 0 Å². The first-order valence-electron chi connectivity index (χ1n) is 6.78. The Kier molecular flexibility index (Phi) is 5.16. The molecule has 104 valence electrons. The third-order valence-corrected chi connectivity index (χ3v) is 3.87. The Morgan fingerprint density at radius 2 is 2.47 bits per heavy atom. The molecule has 1 unspecified atom stereocenters. The van der Waals surface area contributed by atoms with Crippen molar-refractivity contribution in [3.8, 4) is 0 Å². The first-order valence-corrected chi connectivity index (χ1v) is 7.15. The molecule has 1 amide bonds. The molecule has 0 saturated carbocycles. The fraction of sp³-hybridized carbons (Fsp3) is 0.571. The van der Waals surface area contributed by atoms with Gasteiger partial charge in [-0.2, -0.15) is 0 Å². The molecule has 5 heteroatoms. The van der Waals surface area contributed by atoms with Crippen LogP contribution in [0.5, 0.6) is 0 Å². The number of aryl methyl sites for hydroxylation is 1. The minimum atomic E-state index is 0.0501. The number of piperidine rings is 1. The maximum absolute atomic E-state index is 11.9. The molecule has 1 fully saturated rings. The number of carbonyl (C=O) groups is 1. The van der Waals surface area contributed by atoms with Crippen molar-refractivity contribution in [1.29, 1.82) is 0 Å². The molecule has 2 heterocycles. The van der Waals surface area contributed by atoms with Crippen molar-refractivity contribution in [3.05, 3.63) is 23.0 Å². The van der Waals surface area contributed by atoms with Crippen LogP contribution in [0.2, 0.25) is 5.15 Å². The second kappa shape index (κ2) is 6.87. The van der Waals surface area contributed by atoms with Gasteiger partial charge in [-0.1, -0.05) is 11.6 Å². The third kappa shape index (κ3) is 4.48. The van der Waals surface area contributed by atoms with E-state index >= 15 is 0 Å². The van der Waals surface area contributed by atoms with Crippen molar-refractivity contribution in [1.82, 2.24) is 10.3 Å². The number of hydrogen-bond donors (Lipinski definition) is 2. The molecule has 0 radical (unpaired) electrons. The topological polar surface area (TPSA) is 54.0 Å². The maximum Gasteiger partial charge on any atom is 0.224 e. The van der Waals surface area contributed by atoms with Gasteiger partial charge in [0.1, 0.15) is 5.15 Å². The Labute approximate surface area is 118 Å². The number of hydrogen-bond acceptors (Lipinski definition) is 3. The van der Waals surface area contributed by atoms with Gasteiger partial charge in [0.05, 0.1) is 11.9 Å². The average molecular weight is 282 g/mol. The zero-order valence-corrected chi connectivity index (χ0v) is 12.0. The third-order valence-electron chi connectivity index (χ3n) is 3.48. The summed E-state index contributed by atoms with van der Waals surface area (Å²) in [6.07, 6.45) is 5.54. The molecule has 1 atom stereocenters. The molecule has 4 nitrogen and oxygen atoms in total. The highest BCUT2D eigenvalue weighted by Gasteiger charge is 2.14. The summed E-state index contributed by atoms with van der Waals surface area (Å²) in [5.74, 6) is 0.679. The summed E-state index contributed by atoms with van der Waals surface area (Å²) in [6.45, 7) is 4.02. The summed E-state index contributed by atoms with van der Waals surface area (Å²) in [5, 5.41) is 6.71. The van der Waals surface area contributed by atoms with Crippen molar-refractivity contribution in [2.24, 2.45) is 5.92 Å². The van der Waals surface area contributed by atoms with Gasteiger partial charge >= 0.3 is 0 Å². The summed E-state index contributed by atoms with van der Waals surface area (Å²) in [5.41, 5.74) is 1.59. The highest BCUT2D eigenvalue weighted by atomic mass is 35.5. The van der Waals surface area contributed by atoms with E-state index < -0.39 is 0 Å². The molecule has 1 aromatic rings. The van der Waals surface area contributed by atoms with Gasteiger partial charge in [0.25, 0.3) is 0 Å². The van der Waals surface area contributed by atoms with Crippen LogP contribution in [-0.2, 0) is 4.79 Å². The number of anilines is 1. The molecule has 1 saturated heterocycles. The van der Waals surface area contributed by atoms with Crippen molar-refractivity contribution in [2.75, 3.05) is 18.4 Å². The van der Waals surface area contributed by atoms with Crippen LogP contribution in [0.3, 0.4) is 0 Å². The molecule has 0 aliphatic carbocycles. The second-order valence-corrected chi connectivity index (χ2v) is 5.49. The molecular weight excluding hydrogens is 262 g/mol. The van der Waals surface area contributed by atoms with Crippen molar-refractivity contribution in [2.45, 2.75) is 32.6 Å². The number of aromatic nitrogens is 1. The molecular formula is C14H20ClN3O. The van der Waals surface area contributed by atoms with E-state index in [1.807, 2.05) is 13.0 Å². The minimum Gasteiger partial charge on any atom is -0.325 e. The Morgan fingerprint density at radius 3 is 3.16 bits per heavy atom. The minimum absolute atomic E-state index is 0.0501. The van der Waals surface area contributed by atoms with Gasteiger partial charge in [-0.3, -0.25) is 4.79 Å². The number of nitrogens with zero attached hydrogens (tertiary/aromatic N) is 1. The summed E-state index contributed by atoms with van der Waals surface area (Å²) >= 11 is 5.85. The molecule has 19 heavy (non-hydrogen) atoms. The van der Waals surface area contributed by atoms with Gasteiger partial charge in [-0.15, -0.1) is 0 Å². The molecule has 2 rings (SSSR count). The first kappa shape index (κ1) is 14.3. The lowest BCUT2D eigenvalue weighted by Gasteiger charge is -2.22.